The number of aromatic hydroxyl groups is 3. The molecular formula is C60H66Cl2N6O20. The first-order chi connectivity index (χ1) is 41.7. The molecule has 16 N–H and O–H groups in total. The Hall–Kier alpha value is -8.70. The van der Waals surface area contributed by atoms with Gasteiger partial charge < -0.3 is 102 Å². The number of likely N-dealkylation sites (N-methyl/N-ethyl adjacent to an activating group) is 1. The van der Waals surface area contributed by atoms with Gasteiger partial charge in [0.05, 0.1) is 53.4 Å². The Morgan fingerprint density at radius 3 is 2.24 bits per heavy atom. The number of carboxylic acids is 1. The van der Waals surface area contributed by atoms with Crippen LogP contribution in [0.15, 0.2) is 88.0 Å². The average Bonchev–Trinajstić information content (AvgIpc) is 0.924. The topological polar surface area (TPSA) is 432 Å². The second-order valence-electron chi connectivity index (χ2n) is 21.1. The third-order valence-corrected chi connectivity index (χ3v) is 14.6. The molecule has 470 valence electrons. The minimum absolute atomic E-state index is 0.0133. The number of nitrogens with one attached hydrogen (secondary N) is 5. The maximum absolute atomic E-state index is 14.9. The summed E-state index contributed by atoms with van der Waals surface area (Å²) in [6.07, 6.45) is -4.14. The maximum Gasteiger partial charge on any atom is 0.330 e. The van der Waals surface area contributed by atoms with Crippen LogP contribution >= 0.6 is 23.2 Å². The summed E-state index contributed by atoms with van der Waals surface area (Å²) in [5.74, 6) is -7.29. The Kier molecular flexibility index (Phi) is 24.3. The smallest absolute Gasteiger partial charge is 0.330 e. The number of nitrogens with two attached hydrogens (primary N) is 1. The molecule has 28 heteroatoms. The van der Waals surface area contributed by atoms with Gasteiger partial charge in [0.2, 0.25) is 41.6 Å². The van der Waals surface area contributed by atoms with Gasteiger partial charge in [-0.2, -0.15) is 0 Å². The molecule has 1 aliphatic heterocycles. The van der Waals surface area contributed by atoms with Gasteiger partial charge in [-0.25, -0.2) is 4.79 Å². The Morgan fingerprint density at radius 2 is 1.59 bits per heavy atom. The summed E-state index contributed by atoms with van der Waals surface area (Å²) in [5, 5.41) is 110. The van der Waals surface area contributed by atoms with Crippen molar-refractivity contribution in [2.45, 2.75) is 132 Å². The van der Waals surface area contributed by atoms with Gasteiger partial charge in [0.25, 0.3) is 0 Å². The maximum atomic E-state index is 14.9. The predicted octanol–water partition coefficient (Wildman–Crippen LogP) is 2.70. The average molecular weight is 1260 g/mol. The minimum Gasteiger partial charge on any atom is -0.508 e. The van der Waals surface area contributed by atoms with Gasteiger partial charge in [0.15, 0.2) is 23.3 Å². The number of phenols is 3. The summed E-state index contributed by atoms with van der Waals surface area (Å²) in [5.41, 5.74) is 9.45. The van der Waals surface area contributed by atoms with E-state index in [2.05, 4.69) is 49.9 Å². The number of ether oxygens (including phenoxy) is 3. The highest BCUT2D eigenvalue weighted by molar-refractivity contribution is 6.32. The molecule has 11 atom stereocenters. The lowest BCUT2D eigenvalue weighted by atomic mass is 9.81. The number of allylic oxidation sites excluding steroid dienone is 3. The molecule has 2 unspecified atom stereocenters. The van der Waals surface area contributed by atoms with Crippen LogP contribution in [0.5, 0.6) is 34.5 Å². The molecule has 3 aromatic rings. The van der Waals surface area contributed by atoms with Crippen molar-refractivity contribution in [3.8, 4) is 46.3 Å². The zero-order valence-corrected chi connectivity index (χ0v) is 49.0. The zero-order valence-electron chi connectivity index (χ0n) is 47.5. The second-order valence-corrected chi connectivity index (χ2v) is 21.9. The summed E-state index contributed by atoms with van der Waals surface area (Å²) in [6.45, 7) is 3.27. The van der Waals surface area contributed by atoms with Gasteiger partial charge in [-0.05, 0) is 90.2 Å². The lowest BCUT2D eigenvalue weighted by Crippen LogP contribution is -2.52. The molecular weight excluding hydrogens is 1200 g/mol. The molecule has 1 saturated heterocycles. The highest BCUT2D eigenvalue weighted by atomic mass is 35.5. The molecule has 0 bridgehead atoms. The summed E-state index contributed by atoms with van der Waals surface area (Å²) in [6, 6.07) is -1.42. The standard InChI is InChI=1S/C60H66Cl2N6O20/c1-28(2)8-13-48(78)65-41(27-71)55(80)31-10-12-46(39(62)18-31)87-47-20-32(19-45(77)56(47)88-50-24-34(72)21-36(26-70)86-50)53(68-58(82)40(64-3)14-15-69)59(83)67-52(57(63)81)30-9-11-42(74)37(17-30)51-38(22-35(73)23-44(51)76)54(60(84)85)66-49(79)25-43(75)29-6-4-5-7-33(61)16-29/h6,10,12,15-16,18-20,22-23,27-28,34,36-37,40-41,43,50,52-55,64,70,72-77,80H,4,8,13-14,17,21,24-26H2,1-3H3,(H2,63,81)(H,65,78)(H,66,79)(H,67,83)(H,68,82)(H,84,85)/t34-,36-,37?,40-,41-,43-,50-,52?,53+,54-,55+/m0/s1. The van der Waals surface area contributed by atoms with Crippen LogP contribution in [0, 0.1) is 17.8 Å². The van der Waals surface area contributed by atoms with Crippen LogP contribution in [-0.2, 0) is 43.1 Å². The van der Waals surface area contributed by atoms with Crippen LogP contribution in [0.4, 0.5) is 0 Å². The second kappa shape index (κ2) is 31.3. The van der Waals surface area contributed by atoms with E-state index in [4.69, 9.17) is 43.1 Å². The minimum atomic E-state index is -2.11. The molecule has 3 aromatic carbocycles. The van der Waals surface area contributed by atoms with Crippen LogP contribution in [-0.4, -0.2) is 150 Å². The van der Waals surface area contributed by atoms with Crippen molar-refractivity contribution < 1.29 is 98.5 Å². The van der Waals surface area contributed by atoms with Gasteiger partial charge in [0, 0.05) is 49.3 Å². The van der Waals surface area contributed by atoms with Crippen molar-refractivity contribution in [1.82, 2.24) is 26.6 Å². The molecule has 88 heavy (non-hydrogen) atoms. The molecule has 2 aliphatic carbocycles. The SMILES string of the molecule is CN[C@@H](CC=O)C(=O)N[C@@H](C(=O)NC(C(N)=O)C1=C=C=C(O)C(c2c(O)cc(O)cc2[C@H](NC(=O)C[C@H](O)C2=CCC#CC(Cl)=C2)C(=O)O)C1)c1cc(O)c(O[C@H]2C[C@@H](O)C[C@@H](CO)O2)c(Oc2ccc([C@@H](O)[C@H](C=O)NC(=O)CCC(C)C)cc2Cl)c1. The number of hydrogen-bond acceptors (Lipinski definition) is 20. The van der Waals surface area contributed by atoms with Crippen molar-refractivity contribution in [2.24, 2.45) is 11.7 Å². The molecule has 26 nitrogen and oxygen atoms in total. The molecule has 0 saturated carbocycles. The van der Waals surface area contributed by atoms with Crippen LogP contribution in [0.2, 0.25) is 5.02 Å². The van der Waals surface area contributed by atoms with Crippen molar-refractivity contribution in [3.05, 3.63) is 115 Å². The fourth-order valence-electron chi connectivity index (χ4n) is 9.62. The van der Waals surface area contributed by atoms with E-state index in [0.29, 0.717) is 19.0 Å². The van der Waals surface area contributed by atoms with Crippen molar-refractivity contribution >= 4 is 71.3 Å². The summed E-state index contributed by atoms with van der Waals surface area (Å²) in [4.78, 5) is 105. The largest absolute Gasteiger partial charge is 0.508 e. The fraction of sp³-hybridized carbons (Fsp3) is 0.400. The lowest BCUT2D eigenvalue weighted by molar-refractivity contribution is -0.185. The number of carbonyl (C=O) groups excluding carboxylic acids is 7. The number of hydrogen-bond donors (Lipinski definition) is 15. The number of aldehydes is 2. The molecule has 0 aromatic heterocycles. The van der Waals surface area contributed by atoms with E-state index < -0.39 is 174 Å². The van der Waals surface area contributed by atoms with E-state index in [-0.39, 0.29) is 69.7 Å². The number of carbonyl (C=O) groups is 8. The first-order valence-corrected chi connectivity index (χ1v) is 28.2. The number of benzene rings is 3. The van der Waals surface area contributed by atoms with Gasteiger partial charge >= 0.3 is 5.97 Å². The first kappa shape index (κ1) is 68.4. The number of phenolic OH excluding ortho intramolecular Hbond substituents is 3. The Balaban J connectivity index is 1.38. The number of rotatable bonds is 29. The van der Waals surface area contributed by atoms with Crippen molar-refractivity contribution in [3.63, 3.8) is 0 Å². The van der Waals surface area contributed by atoms with E-state index in [9.17, 15) is 84.3 Å². The molecule has 0 spiro atoms. The molecule has 1 heterocycles. The monoisotopic (exact) mass is 1260 g/mol. The summed E-state index contributed by atoms with van der Waals surface area (Å²) < 4.78 is 18.1. The third kappa shape index (κ3) is 18.0. The van der Waals surface area contributed by atoms with Crippen LogP contribution in [0.1, 0.15) is 112 Å². The molecule has 5 amide bonds. The normalized spacial score (nSPS) is 19.5. The number of halogens is 2. The van der Waals surface area contributed by atoms with E-state index in [1.165, 1.54) is 37.4 Å². The lowest BCUT2D eigenvalue weighted by Gasteiger charge is -2.33. The number of aliphatic carboxylic acids is 1. The van der Waals surface area contributed by atoms with Gasteiger partial charge in [-0.15, -0.1) is 0 Å². The van der Waals surface area contributed by atoms with E-state index in [0.717, 1.165) is 24.3 Å². The Bertz CT molecular complexity index is 3420. The number of carboxylic acid groups (broad SMARTS) is 1. The van der Waals surface area contributed by atoms with Gasteiger partial charge in [-0.1, -0.05) is 66.8 Å². The fourth-order valence-corrected chi connectivity index (χ4v) is 10.0. The van der Waals surface area contributed by atoms with Crippen molar-refractivity contribution in [1.29, 1.82) is 0 Å². The van der Waals surface area contributed by atoms with Gasteiger partial charge in [0.1, 0.15) is 54.1 Å². The Labute approximate surface area is 513 Å². The van der Waals surface area contributed by atoms with Crippen LogP contribution in [0.25, 0.3) is 0 Å². The quantitative estimate of drug-likeness (QED) is 0.0270. The Morgan fingerprint density at radius 1 is 0.864 bits per heavy atom. The van der Waals surface area contributed by atoms with Gasteiger partial charge in [-0.3, -0.25) is 24.0 Å². The van der Waals surface area contributed by atoms with Crippen molar-refractivity contribution in [2.75, 3.05) is 13.7 Å². The number of aliphatic hydroxyl groups is 5. The first-order valence-electron chi connectivity index (χ1n) is 27.4. The third-order valence-electron chi connectivity index (χ3n) is 14.1. The zero-order chi connectivity index (χ0) is 64.7. The number of amides is 5. The molecule has 6 rings (SSSR count). The van der Waals surface area contributed by atoms with E-state index in [1.54, 1.807) is 0 Å². The molecule has 0 radical (unpaired) electrons. The summed E-state index contributed by atoms with van der Waals surface area (Å²) in [7, 11) is 1.33. The molecule has 1 fully saturated rings. The summed E-state index contributed by atoms with van der Waals surface area (Å²) >= 11 is 12.8. The highest BCUT2D eigenvalue weighted by Crippen LogP contribution is 2.46. The highest BCUT2D eigenvalue weighted by Gasteiger charge is 2.39. The number of aliphatic hydroxyl groups excluding tert-OH is 5. The number of primary amides is 1. The predicted molar refractivity (Wildman–Crippen MR) is 311 cm³/mol. The van der Waals surface area contributed by atoms with E-state index in [1.807, 2.05) is 13.8 Å². The van der Waals surface area contributed by atoms with E-state index >= 15 is 0 Å². The van der Waals surface area contributed by atoms with Crippen LogP contribution in [0.3, 0.4) is 0 Å². The van der Waals surface area contributed by atoms with Crippen LogP contribution < -0.4 is 41.8 Å². The molecule has 3 aliphatic rings.